The molecule has 1 amide bonds. The van der Waals surface area contributed by atoms with Crippen molar-refractivity contribution >= 4 is 38.5 Å². The van der Waals surface area contributed by atoms with Crippen molar-refractivity contribution in [2.75, 3.05) is 31.1 Å². The Hall–Kier alpha value is -2.71. The van der Waals surface area contributed by atoms with Crippen LogP contribution in [-0.2, 0) is 14.8 Å². The number of sulfonamides is 1. The third-order valence-corrected chi connectivity index (χ3v) is 8.46. The summed E-state index contributed by atoms with van der Waals surface area (Å²) < 4.78 is 56.6. The van der Waals surface area contributed by atoms with E-state index in [1.54, 1.807) is 16.7 Å². The van der Waals surface area contributed by atoms with Gasteiger partial charge >= 0.3 is 0 Å². The van der Waals surface area contributed by atoms with Gasteiger partial charge in [0.15, 0.2) is 15.8 Å². The number of alkyl halides is 2. The fourth-order valence-electron chi connectivity index (χ4n) is 4.05. The topological polar surface area (TPSA) is 113 Å². The van der Waals surface area contributed by atoms with Crippen LogP contribution in [0.1, 0.15) is 38.1 Å². The highest BCUT2D eigenvalue weighted by Crippen LogP contribution is 2.34. The van der Waals surface area contributed by atoms with Crippen molar-refractivity contribution in [1.82, 2.24) is 29.2 Å². The van der Waals surface area contributed by atoms with Gasteiger partial charge in [-0.1, -0.05) is 25.2 Å². The molecule has 1 saturated carbocycles. The number of carbonyl (C=O) groups excluding carboxylic acids is 1. The molecule has 3 aromatic heterocycles. The Morgan fingerprint density at radius 2 is 1.89 bits per heavy atom. The maximum absolute atomic E-state index is 13.1. The summed E-state index contributed by atoms with van der Waals surface area (Å²) in [7, 11) is -3.81. The van der Waals surface area contributed by atoms with Crippen molar-refractivity contribution < 1.29 is 22.0 Å². The van der Waals surface area contributed by atoms with Crippen LogP contribution in [0.4, 0.5) is 14.5 Å². The highest BCUT2D eigenvalue weighted by Gasteiger charge is 2.31. The number of hydrogen-bond donors (Lipinski definition) is 1. The first-order chi connectivity index (χ1) is 16.6. The zero-order chi connectivity index (χ0) is 24.9. The molecule has 5 rings (SSSR count). The van der Waals surface area contributed by atoms with Crippen LogP contribution in [-0.4, -0.2) is 71.0 Å². The van der Waals surface area contributed by atoms with Gasteiger partial charge in [-0.3, -0.25) is 9.20 Å². The van der Waals surface area contributed by atoms with E-state index in [4.69, 9.17) is 0 Å². The number of piperazine rings is 1. The molecule has 0 bridgehead atoms. The molecule has 1 saturated heterocycles. The van der Waals surface area contributed by atoms with E-state index in [2.05, 4.69) is 19.9 Å². The lowest BCUT2D eigenvalue weighted by Gasteiger charge is -2.37. The second-order valence-electron chi connectivity index (χ2n) is 9.01. The summed E-state index contributed by atoms with van der Waals surface area (Å²) in [6.07, 6.45) is 1.83. The lowest BCUT2D eigenvalue weighted by atomic mass is 10.1. The van der Waals surface area contributed by atoms with E-state index >= 15 is 0 Å². The summed E-state index contributed by atoms with van der Waals surface area (Å²) in [5, 5.41) is 7.13. The largest absolute Gasteiger partial charge is 0.366 e. The van der Waals surface area contributed by atoms with Gasteiger partial charge in [0.1, 0.15) is 4.90 Å². The zero-order valence-electron chi connectivity index (χ0n) is 19.2. The van der Waals surface area contributed by atoms with Crippen molar-refractivity contribution in [2.24, 2.45) is 5.92 Å². The first kappa shape index (κ1) is 24.0. The molecule has 4 heterocycles. The van der Waals surface area contributed by atoms with E-state index in [1.807, 2.05) is 23.6 Å². The van der Waals surface area contributed by atoms with Crippen LogP contribution in [0, 0.1) is 5.92 Å². The number of carbonyl (C=O) groups is 1. The van der Waals surface area contributed by atoms with Gasteiger partial charge in [0.2, 0.25) is 15.9 Å². The molecule has 14 heteroatoms. The van der Waals surface area contributed by atoms with E-state index in [0.717, 1.165) is 12.8 Å². The molecular formula is C21H25F2N7O3S2. The Morgan fingerprint density at radius 1 is 1.17 bits per heavy atom. The number of amides is 1. The maximum atomic E-state index is 13.1. The van der Waals surface area contributed by atoms with Crippen molar-refractivity contribution in [3.05, 3.63) is 23.5 Å². The molecular weight excluding hydrogens is 500 g/mol. The van der Waals surface area contributed by atoms with E-state index in [0.29, 0.717) is 48.7 Å². The highest BCUT2D eigenvalue weighted by atomic mass is 32.2. The monoisotopic (exact) mass is 525 g/mol. The lowest BCUT2D eigenvalue weighted by Crippen LogP contribution is -2.50. The molecule has 2 fully saturated rings. The van der Waals surface area contributed by atoms with Gasteiger partial charge in [-0.05, 0) is 18.9 Å². The number of aromatic nitrogens is 4. The van der Waals surface area contributed by atoms with Crippen LogP contribution in [0.25, 0.3) is 16.3 Å². The van der Waals surface area contributed by atoms with Crippen LogP contribution >= 0.6 is 11.3 Å². The van der Waals surface area contributed by atoms with Gasteiger partial charge in [0, 0.05) is 44.3 Å². The highest BCUT2D eigenvalue weighted by molar-refractivity contribution is 7.89. The number of nitrogens with zero attached hydrogens (tertiary/aromatic N) is 6. The average Bonchev–Trinajstić information content (AvgIpc) is 3.32. The minimum Gasteiger partial charge on any atom is -0.366 e. The predicted molar refractivity (Wildman–Crippen MR) is 126 cm³/mol. The summed E-state index contributed by atoms with van der Waals surface area (Å²) in [5.74, 6) is 0.220. The number of pyridine rings is 1. The molecule has 1 N–H and O–H groups in total. The van der Waals surface area contributed by atoms with Crippen molar-refractivity contribution in [2.45, 2.75) is 44.1 Å². The minimum atomic E-state index is -3.81. The van der Waals surface area contributed by atoms with Crippen LogP contribution in [0.5, 0.6) is 0 Å². The molecule has 0 unspecified atom stereocenters. The molecule has 35 heavy (non-hydrogen) atoms. The minimum absolute atomic E-state index is 0.0467. The third kappa shape index (κ3) is 4.74. The first-order valence-corrected chi connectivity index (χ1v) is 13.6. The van der Waals surface area contributed by atoms with Crippen LogP contribution in [0.3, 0.4) is 0 Å². The Bertz CT molecular complexity index is 1360. The SMILES string of the molecule is CC(C)C(=O)N1CCN(c2cc(S(=O)(=O)NC3CC3)cn3c(-c4nnc(C(F)F)s4)ncc23)CC1. The smallest absolute Gasteiger partial charge is 0.291 e. The van der Waals surface area contributed by atoms with E-state index in [-0.39, 0.29) is 33.6 Å². The molecule has 0 aromatic carbocycles. The molecule has 10 nitrogen and oxygen atoms in total. The standard InChI is InChI=1S/C21H25F2N7O3S2/c1-12(2)21(31)29-7-5-28(6-8-29)15-9-14(35(32,33)27-13-3-4-13)11-30-16(15)10-24-18(30)20-26-25-19(34-20)17(22)23/h9-13,17,27H,3-8H2,1-2H3. The summed E-state index contributed by atoms with van der Waals surface area (Å²) in [5.41, 5.74) is 1.25. The first-order valence-electron chi connectivity index (χ1n) is 11.3. The Kier molecular flexibility index (Phi) is 6.21. The normalized spacial score (nSPS) is 17.2. The Labute approximate surface area is 205 Å². The fourth-order valence-corrected chi connectivity index (χ4v) is 6.06. The van der Waals surface area contributed by atoms with Gasteiger partial charge in [-0.15, -0.1) is 10.2 Å². The maximum Gasteiger partial charge on any atom is 0.291 e. The third-order valence-electron chi connectivity index (χ3n) is 6.05. The second kappa shape index (κ2) is 9.06. The van der Waals surface area contributed by atoms with E-state index < -0.39 is 21.5 Å². The Balaban J connectivity index is 1.56. The number of hydrogen-bond acceptors (Lipinski definition) is 8. The van der Waals surface area contributed by atoms with Gasteiger partial charge in [-0.2, -0.15) is 0 Å². The number of halogens is 2. The van der Waals surface area contributed by atoms with Crippen LogP contribution < -0.4 is 9.62 Å². The number of nitrogens with one attached hydrogen (secondary N) is 1. The van der Waals surface area contributed by atoms with Gasteiger partial charge in [0.25, 0.3) is 6.43 Å². The molecule has 0 spiro atoms. The molecule has 1 aliphatic heterocycles. The Morgan fingerprint density at radius 3 is 2.49 bits per heavy atom. The quantitative estimate of drug-likeness (QED) is 0.504. The molecule has 188 valence electrons. The van der Waals surface area contributed by atoms with Crippen molar-refractivity contribution in [3.63, 3.8) is 0 Å². The van der Waals surface area contributed by atoms with Gasteiger partial charge in [-0.25, -0.2) is 26.9 Å². The summed E-state index contributed by atoms with van der Waals surface area (Å²) in [4.78, 5) is 20.6. The van der Waals surface area contributed by atoms with Gasteiger partial charge in [0.05, 0.1) is 17.4 Å². The van der Waals surface area contributed by atoms with E-state index in [9.17, 15) is 22.0 Å². The average molecular weight is 526 g/mol. The predicted octanol–water partition coefficient (Wildman–Crippen LogP) is 2.54. The number of anilines is 1. The molecule has 3 aromatic rings. The zero-order valence-corrected chi connectivity index (χ0v) is 20.8. The van der Waals surface area contributed by atoms with E-state index in [1.165, 1.54) is 6.20 Å². The molecule has 0 atom stereocenters. The number of rotatable bonds is 7. The van der Waals surface area contributed by atoms with Crippen molar-refractivity contribution in [1.29, 1.82) is 0 Å². The summed E-state index contributed by atoms with van der Waals surface area (Å²) in [6, 6.07) is 1.53. The number of fused-ring (bicyclic) bond motifs is 1. The fraction of sp³-hybridized carbons (Fsp3) is 0.524. The van der Waals surface area contributed by atoms with Crippen LogP contribution in [0.15, 0.2) is 23.4 Å². The summed E-state index contributed by atoms with van der Waals surface area (Å²) in [6.45, 7) is 5.77. The van der Waals surface area contributed by atoms with Gasteiger partial charge < -0.3 is 9.80 Å². The summed E-state index contributed by atoms with van der Waals surface area (Å²) >= 11 is 0.717. The second-order valence-corrected chi connectivity index (χ2v) is 11.7. The van der Waals surface area contributed by atoms with Crippen molar-refractivity contribution in [3.8, 4) is 10.8 Å². The number of imidazole rings is 1. The molecule has 2 aliphatic rings. The molecule has 0 radical (unpaired) electrons. The molecule has 1 aliphatic carbocycles. The van der Waals surface area contributed by atoms with Crippen LogP contribution in [0.2, 0.25) is 0 Å². The lowest BCUT2D eigenvalue weighted by molar-refractivity contribution is -0.134.